The second-order valence-corrected chi connectivity index (χ2v) is 2.17. The van der Waals surface area contributed by atoms with E-state index in [1.807, 2.05) is 32.1 Å². The normalized spacial score (nSPS) is 10.4. The molecular formula is C10H16O2. The highest BCUT2D eigenvalue weighted by atomic mass is 16.4. The Hall–Kier alpha value is -1.31. The molecule has 0 unspecified atom stereocenters. The molecule has 0 aromatic heterocycles. The maximum absolute atomic E-state index is 9.00. The number of carboxylic acid groups (broad SMARTS) is 1. The molecule has 0 heterocycles. The van der Waals surface area contributed by atoms with E-state index in [-0.39, 0.29) is 0 Å². The fourth-order valence-electron chi connectivity index (χ4n) is 0.504. The van der Waals surface area contributed by atoms with Crippen LogP contribution in [0.15, 0.2) is 36.5 Å². The molecule has 12 heavy (non-hydrogen) atoms. The van der Waals surface area contributed by atoms with Crippen LogP contribution in [0.25, 0.3) is 0 Å². The van der Waals surface area contributed by atoms with Crippen LogP contribution >= 0.6 is 0 Å². The summed E-state index contributed by atoms with van der Waals surface area (Å²) in [6, 6.07) is 0. The molecule has 0 rings (SSSR count). The summed E-state index contributed by atoms with van der Waals surface area (Å²) in [5, 5.41) is 7.42. The van der Waals surface area contributed by atoms with Crippen molar-refractivity contribution in [1.82, 2.24) is 0 Å². The fraction of sp³-hybridized carbons (Fsp3) is 0.300. The van der Waals surface area contributed by atoms with Gasteiger partial charge in [-0.3, -0.25) is 4.79 Å². The Morgan fingerprint density at radius 1 is 1.42 bits per heavy atom. The SMILES string of the molecule is C=C/C=C(C)\C=C/C.CC(=O)O. The standard InChI is InChI=1S/C8H12.C2H4O2/c1-4-6-8(3)7-5-2;1-2(3)4/h4-7H,1H2,2-3H3;1H3,(H,3,4)/b7-5-,8-6-;. The third-order valence-corrected chi connectivity index (χ3v) is 0.810. The van der Waals surface area contributed by atoms with Gasteiger partial charge >= 0.3 is 0 Å². The minimum absolute atomic E-state index is 0.833. The molecule has 0 aromatic carbocycles. The molecule has 0 amide bonds. The van der Waals surface area contributed by atoms with Gasteiger partial charge in [0.25, 0.3) is 5.97 Å². The topological polar surface area (TPSA) is 37.3 Å². The van der Waals surface area contributed by atoms with Crippen LogP contribution in [-0.4, -0.2) is 11.1 Å². The van der Waals surface area contributed by atoms with Gasteiger partial charge < -0.3 is 5.11 Å². The molecule has 0 radical (unpaired) electrons. The first-order valence-corrected chi connectivity index (χ1v) is 3.66. The Bertz CT molecular complexity index is 184. The maximum atomic E-state index is 9.00. The quantitative estimate of drug-likeness (QED) is 0.644. The first-order valence-electron chi connectivity index (χ1n) is 3.66. The van der Waals surface area contributed by atoms with Crippen LogP contribution in [0.2, 0.25) is 0 Å². The van der Waals surface area contributed by atoms with Crippen LogP contribution in [-0.2, 0) is 4.79 Å². The summed E-state index contributed by atoms with van der Waals surface area (Å²) < 4.78 is 0. The van der Waals surface area contributed by atoms with E-state index in [1.54, 1.807) is 6.08 Å². The highest BCUT2D eigenvalue weighted by molar-refractivity contribution is 5.62. The molecule has 0 bridgehead atoms. The van der Waals surface area contributed by atoms with Gasteiger partial charge in [-0.15, -0.1) is 0 Å². The molecule has 0 spiro atoms. The Morgan fingerprint density at radius 3 is 2.08 bits per heavy atom. The van der Waals surface area contributed by atoms with Crippen molar-refractivity contribution in [2.45, 2.75) is 20.8 Å². The minimum Gasteiger partial charge on any atom is -0.481 e. The average Bonchev–Trinajstić information content (AvgIpc) is 1.87. The Balaban J connectivity index is 0. The zero-order valence-electron chi connectivity index (χ0n) is 7.87. The van der Waals surface area contributed by atoms with Gasteiger partial charge in [0, 0.05) is 6.92 Å². The van der Waals surface area contributed by atoms with E-state index in [4.69, 9.17) is 9.90 Å². The van der Waals surface area contributed by atoms with Crippen LogP contribution < -0.4 is 0 Å². The number of carbonyl (C=O) groups is 1. The zero-order valence-corrected chi connectivity index (χ0v) is 7.87. The molecule has 0 aromatic rings. The first kappa shape index (κ1) is 13.3. The lowest BCUT2D eigenvalue weighted by Crippen LogP contribution is -1.78. The molecule has 0 aliphatic rings. The summed E-state index contributed by atoms with van der Waals surface area (Å²) in [5.74, 6) is -0.833. The molecule has 1 N–H and O–H groups in total. The lowest BCUT2D eigenvalue weighted by atomic mass is 10.2. The van der Waals surface area contributed by atoms with Crippen molar-refractivity contribution >= 4 is 5.97 Å². The molecule has 0 saturated heterocycles. The number of hydrogen-bond donors (Lipinski definition) is 1. The fourth-order valence-corrected chi connectivity index (χ4v) is 0.504. The predicted molar refractivity (Wildman–Crippen MR) is 52.1 cm³/mol. The smallest absolute Gasteiger partial charge is 0.300 e. The molecule has 0 aliphatic heterocycles. The van der Waals surface area contributed by atoms with Gasteiger partial charge in [0.2, 0.25) is 0 Å². The summed E-state index contributed by atoms with van der Waals surface area (Å²) >= 11 is 0. The van der Waals surface area contributed by atoms with E-state index in [0.29, 0.717) is 0 Å². The predicted octanol–water partition coefficient (Wildman–Crippen LogP) is 2.79. The third kappa shape index (κ3) is 23.4. The number of carboxylic acids is 1. The lowest BCUT2D eigenvalue weighted by molar-refractivity contribution is -0.134. The van der Waals surface area contributed by atoms with E-state index < -0.39 is 5.97 Å². The summed E-state index contributed by atoms with van der Waals surface area (Å²) in [7, 11) is 0. The average molecular weight is 168 g/mol. The molecule has 0 aliphatic carbocycles. The summed E-state index contributed by atoms with van der Waals surface area (Å²) in [5.41, 5.74) is 1.24. The molecule has 68 valence electrons. The van der Waals surface area contributed by atoms with Crippen LogP contribution in [0.3, 0.4) is 0 Å². The Morgan fingerprint density at radius 2 is 1.83 bits per heavy atom. The second-order valence-electron chi connectivity index (χ2n) is 2.17. The number of aliphatic carboxylic acids is 1. The van der Waals surface area contributed by atoms with Gasteiger partial charge in [0.15, 0.2) is 0 Å². The molecule has 0 fully saturated rings. The van der Waals surface area contributed by atoms with Crippen molar-refractivity contribution in [2.75, 3.05) is 0 Å². The van der Waals surface area contributed by atoms with Crippen molar-refractivity contribution in [3.8, 4) is 0 Å². The van der Waals surface area contributed by atoms with Crippen LogP contribution in [0.4, 0.5) is 0 Å². The van der Waals surface area contributed by atoms with E-state index in [2.05, 4.69) is 6.58 Å². The molecule has 2 heteroatoms. The van der Waals surface area contributed by atoms with Crippen LogP contribution in [0.1, 0.15) is 20.8 Å². The number of rotatable bonds is 2. The van der Waals surface area contributed by atoms with Crippen molar-refractivity contribution in [2.24, 2.45) is 0 Å². The zero-order chi connectivity index (χ0) is 9.98. The van der Waals surface area contributed by atoms with E-state index in [9.17, 15) is 0 Å². The first-order chi connectivity index (χ1) is 5.54. The molecule has 0 atom stereocenters. The highest BCUT2D eigenvalue weighted by Crippen LogP contribution is 1.92. The summed E-state index contributed by atoms with van der Waals surface area (Å²) in [6.07, 6.45) is 7.81. The number of allylic oxidation sites excluding steroid dienone is 5. The summed E-state index contributed by atoms with van der Waals surface area (Å²) in [4.78, 5) is 9.00. The van der Waals surface area contributed by atoms with Gasteiger partial charge in [-0.05, 0) is 13.8 Å². The second kappa shape index (κ2) is 9.69. The van der Waals surface area contributed by atoms with Gasteiger partial charge in [-0.2, -0.15) is 0 Å². The third-order valence-electron chi connectivity index (χ3n) is 0.810. The number of hydrogen-bond acceptors (Lipinski definition) is 1. The maximum Gasteiger partial charge on any atom is 0.300 e. The minimum atomic E-state index is -0.833. The van der Waals surface area contributed by atoms with Crippen molar-refractivity contribution in [3.05, 3.63) is 36.5 Å². The highest BCUT2D eigenvalue weighted by Gasteiger charge is 1.71. The molecule has 2 nitrogen and oxygen atoms in total. The van der Waals surface area contributed by atoms with Crippen molar-refractivity contribution < 1.29 is 9.90 Å². The largest absolute Gasteiger partial charge is 0.481 e. The Kier molecular flexibility index (Phi) is 10.7. The van der Waals surface area contributed by atoms with Gasteiger partial charge in [-0.1, -0.05) is 36.5 Å². The van der Waals surface area contributed by atoms with Crippen LogP contribution in [0, 0.1) is 0 Å². The van der Waals surface area contributed by atoms with Gasteiger partial charge in [0.1, 0.15) is 0 Å². The monoisotopic (exact) mass is 168 g/mol. The van der Waals surface area contributed by atoms with E-state index in [1.165, 1.54) is 5.57 Å². The Labute approximate surface area is 73.9 Å². The van der Waals surface area contributed by atoms with Gasteiger partial charge in [-0.25, -0.2) is 0 Å². The van der Waals surface area contributed by atoms with Gasteiger partial charge in [0.05, 0.1) is 0 Å². The van der Waals surface area contributed by atoms with Crippen molar-refractivity contribution in [1.29, 1.82) is 0 Å². The molecular weight excluding hydrogens is 152 g/mol. The van der Waals surface area contributed by atoms with Crippen LogP contribution in [0.5, 0.6) is 0 Å². The molecule has 0 saturated carbocycles. The van der Waals surface area contributed by atoms with Crippen molar-refractivity contribution in [3.63, 3.8) is 0 Å². The summed E-state index contributed by atoms with van der Waals surface area (Å²) in [6.45, 7) is 8.70. The van der Waals surface area contributed by atoms with E-state index in [0.717, 1.165) is 6.92 Å². The lowest BCUT2D eigenvalue weighted by Gasteiger charge is -1.82. The van der Waals surface area contributed by atoms with E-state index >= 15 is 0 Å².